The number of nitrogens with zero attached hydrogens (tertiary/aromatic N) is 1. The van der Waals surface area contributed by atoms with Crippen LogP contribution in [-0.4, -0.2) is 36.6 Å². The van der Waals surface area contributed by atoms with Crippen LogP contribution in [0, 0.1) is 5.92 Å². The van der Waals surface area contributed by atoms with Gasteiger partial charge in [-0.2, -0.15) is 0 Å². The van der Waals surface area contributed by atoms with Gasteiger partial charge in [0.2, 0.25) is 0 Å². The quantitative estimate of drug-likeness (QED) is 0.749. The zero-order valence-electron chi connectivity index (χ0n) is 11.7. The van der Waals surface area contributed by atoms with Crippen LogP contribution in [0.3, 0.4) is 0 Å². The molecule has 0 bridgehead atoms. The third-order valence-corrected chi connectivity index (χ3v) is 3.96. The van der Waals surface area contributed by atoms with E-state index in [-0.39, 0.29) is 0 Å². The van der Waals surface area contributed by atoms with Crippen molar-refractivity contribution in [2.45, 2.75) is 58.9 Å². The van der Waals surface area contributed by atoms with Crippen LogP contribution < -0.4 is 5.32 Å². The summed E-state index contributed by atoms with van der Waals surface area (Å²) in [7, 11) is 0. The molecule has 0 spiro atoms. The van der Waals surface area contributed by atoms with Crippen LogP contribution in [0.5, 0.6) is 0 Å². The van der Waals surface area contributed by atoms with Gasteiger partial charge in [0, 0.05) is 12.1 Å². The van der Waals surface area contributed by atoms with Gasteiger partial charge in [-0.05, 0) is 52.2 Å². The number of hydrogen-bond donors (Lipinski definition) is 1. The maximum absolute atomic E-state index is 3.63. The van der Waals surface area contributed by atoms with Crippen molar-refractivity contribution in [1.29, 1.82) is 0 Å². The Morgan fingerprint density at radius 1 is 1.19 bits per heavy atom. The van der Waals surface area contributed by atoms with Gasteiger partial charge in [-0.1, -0.05) is 26.7 Å². The van der Waals surface area contributed by atoms with E-state index in [1.54, 1.807) is 0 Å². The van der Waals surface area contributed by atoms with Crippen LogP contribution in [0.15, 0.2) is 0 Å². The highest BCUT2D eigenvalue weighted by atomic mass is 15.2. The van der Waals surface area contributed by atoms with Crippen LogP contribution in [0.1, 0.15) is 53.4 Å². The fourth-order valence-corrected chi connectivity index (χ4v) is 2.38. The van der Waals surface area contributed by atoms with Gasteiger partial charge in [0.15, 0.2) is 0 Å². The fourth-order valence-electron chi connectivity index (χ4n) is 2.38. The van der Waals surface area contributed by atoms with E-state index in [0.717, 1.165) is 19.0 Å². The molecule has 16 heavy (non-hydrogen) atoms. The Morgan fingerprint density at radius 3 is 2.38 bits per heavy atom. The van der Waals surface area contributed by atoms with Crippen molar-refractivity contribution >= 4 is 0 Å². The second-order valence-electron chi connectivity index (χ2n) is 6.00. The molecule has 1 heterocycles. The first kappa shape index (κ1) is 14.0. The van der Waals surface area contributed by atoms with Gasteiger partial charge >= 0.3 is 0 Å². The summed E-state index contributed by atoms with van der Waals surface area (Å²) in [5, 5.41) is 3.63. The second kappa shape index (κ2) is 6.61. The topological polar surface area (TPSA) is 15.3 Å². The predicted molar refractivity (Wildman–Crippen MR) is 71.8 cm³/mol. The van der Waals surface area contributed by atoms with Gasteiger partial charge in [-0.3, -0.25) is 4.90 Å². The number of piperidine rings is 1. The molecule has 0 saturated carbocycles. The fraction of sp³-hybridized carbons (Fsp3) is 1.00. The molecule has 0 radical (unpaired) electrons. The summed E-state index contributed by atoms with van der Waals surface area (Å²) in [6, 6.07) is 0. The van der Waals surface area contributed by atoms with Gasteiger partial charge in [-0.25, -0.2) is 0 Å². The Morgan fingerprint density at radius 2 is 1.81 bits per heavy atom. The van der Waals surface area contributed by atoms with Crippen molar-refractivity contribution in [1.82, 2.24) is 10.2 Å². The highest BCUT2D eigenvalue weighted by molar-refractivity contribution is 4.85. The van der Waals surface area contributed by atoms with Crippen LogP contribution in [-0.2, 0) is 0 Å². The van der Waals surface area contributed by atoms with E-state index in [1.807, 2.05) is 0 Å². The molecule has 96 valence electrons. The molecule has 0 aromatic rings. The molecule has 2 nitrogen and oxygen atoms in total. The van der Waals surface area contributed by atoms with Crippen LogP contribution in [0.2, 0.25) is 0 Å². The third kappa shape index (κ3) is 4.42. The van der Waals surface area contributed by atoms with Gasteiger partial charge in [0.25, 0.3) is 0 Å². The minimum atomic E-state index is 0.327. The molecular formula is C14H30N2. The van der Waals surface area contributed by atoms with E-state index in [9.17, 15) is 0 Å². The molecule has 2 heteroatoms. The summed E-state index contributed by atoms with van der Waals surface area (Å²) in [5.74, 6) is 0.803. The van der Waals surface area contributed by atoms with E-state index in [1.165, 1.54) is 38.8 Å². The molecule has 0 aliphatic carbocycles. The molecule has 1 rings (SSSR count). The zero-order chi connectivity index (χ0) is 12.0. The first-order valence-corrected chi connectivity index (χ1v) is 7.02. The number of hydrogen-bond acceptors (Lipinski definition) is 2. The van der Waals surface area contributed by atoms with Crippen molar-refractivity contribution in [2.75, 3.05) is 26.2 Å². The maximum Gasteiger partial charge on any atom is 0.0277 e. The first-order chi connectivity index (χ1) is 7.56. The molecule has 0 aromatic heterocycles. The molecule has 1 N–H and O–H groups in total. The number of rotatable bonds is 6. The Balaban J connectivity index is 2.26. The van der Waals surface area contributed by atoms with Crippen molar-refractivity contribution in [3.63, 3.8) is 0 Å². The van der Waals surface area contributed by atoms with Crippen LogP contribution >= 0.6 is 0 Å². The standard InChI is InChI=1S/C14H30N2/c1-5-13(2)11-15-12-14(3,4)16-9-7-6-8-10-16/h13,15H,5-12H2,1-4H3. The summed E-state index contributed by atoms with van der Waals surface area (Å²) >= 11 is 0. The molecule has 1 aliphatic heterocycles. The number of nitrogens with one attached hydrogen (secondary N) is 1. The van der Waals surface area contributed by atoms with E-state index in [2.05, 4.69) is 37.9 Å². The van der Waals surface area contributed by atoms with E-state index >= 15 is 0 Å². The van der Waals surface area contributed by atoms with Crippen molar-refractivity contribution in [3.8, 4) is 0 Å². The molecular weight excluding hydrogens is 196 g/mol. The minimum absolute atomic E-state index is 0.327. The lowest BCUT2D eigenvalue weighted by Gasteiger charge is -2.41. The van der Waals surface area contributed by atoms with Gasteiger partial charge in [0.05, 0.1) is 0 Å². The highest BCUT2D eigenvalue weighted by Crippen LogP contribution is 2.19. The summed E-state index contributed by atoms with van der Waals surface area (Å²) in [6.07, 6.45) is 5.47. The molecule has 1 unspecified atom stereocenters. The van der Waals surface area contributed by atoms with Gasteiger partial charge < -0.3 is 5.32 Å². The van der Waals surface area contributed by atoms with E-state index in [4.69, 9.17) is 0 Å². The van der Waals surface area contributed by atoms with Gasteiger partial charge in [-0.15, -0.1) is 0 Å². The highest BCUT2D eigenvalue weighted by Gasteiger charge is 2.27. The minimum Gasteiger partial charge on any atom is -0.315 e. The Hall–Kier alpha value is -0.0800. The zero-order valence-corrected chi connectivity index (χ0v) is 11.7. The van der Waals surface area contributed by atoms with Crippen molar-refractivity contribution in [3.05, 3.63) is 0 Å². The SMILES string of the molecule is CCC(C)CNCC(C)(C)N1CCCCC1. The molecule has 1 saturated heterocycles. The van der Waals surface area contributed by atoms with Gasteiger partial charge in [0.1, 0.15) is 0 Å². The number of likely N-dealkylation sites (tertiary alicyclic amines) is 1. The van der Waals surface area contributed by atoms with Crippen molar-refractivity contribution in [2.24, 2.45) is 5.92 Å². The Bertz CT molecular complexity index is 183. The predicted octanol–water partition coefficient (Wildman–Crippen LogP) is 2.89. The summed E-state index contributed by atoms with van der Waals surface area (Å²) < 4.78 is 0. The lowest BCUT2D eigenvalue weighted by molar-refractivity contribution is 0.0937. The molecule has 0 amide bonds. The Kier molecular flexibility index (Phi) is 5.77. The lowest BCUT2D eigenvalue weighted by atomic mass is 9.98. The average molecular weight is 226 g/mol. The lowest BCUT2D eigenvalue weighted by Crippen LogP contribution is -2.52. The monoisotopic (exact) mass is 226 g/mol. The molecule has 0 aromatic carbocycles. The Labute approximate surface area is 102 Å². The maximum atomic E-state index is 3.63. The first-order valence-electron chi connectivity index (χ1n) is 7.02. The van der Waals surface area contributed by atoms with Crippen LogP contribution in [0.25, 0.3) is 0 Å². The van der Waals surface area contributed by atoms with Crippen LogP contribution in [0.4, 0.5) is 0 Å². The summed E-state index contributed by atoms with van der Waals surface area (Å²) in [4.78, 5) is 2.65. The van der Waals surface area contributed by atoms with E-state index in [0.29, 0.717) is 5.54 Å². The third-order valence-electron chi connectivity index (χ3n) is 3.96. The molecule has 1 fully saturated rings. The second-order valence-corrected chi connectivity index (χ2v) is 6.00. The van der Waals surface area contributed by atoms with E-state index < -0.39 is 0 Å². The molecule has 1 atom stereocenters. The largest absolute Gasteiger partial charge is 0.315 e. The summed E-state index contributed by atoms with van der Waals surface area (Å²) in [6.45, 7) is 14.2. The summed E-state index contributed by atoms with van der Waals surface area (Å²) in [5.41, 5.74) is 0.327. The normalized spacial score (nSPS) is 21.0. The smallest absolute Gasteiger partial charge is 0.0277 e. The van der Waals surface area contributed by atoms with Crippen molar-refractivity contribution < 1.29 is 0 Å². The average Bonchev–Trinajstić information content (AvgIpc) is 2.30. The molecule has 1 aliphatic rings.